The molecule has 0 spiro atoms. The highest BCUT2D eigenvalue weighted by Crippen LogP contribution is 2.47. The maximum absolute atomic E-state index is 13.7. The molecule has 3 atom stereocenters. The number of carbonyl (C=O) groups is 1. The minimum absolute atomic E-state index is 0.0866. The number of allylic oxidation sites excluding steroid dienone is 1. The number of hydrogen-bond acceptors (Lipinski definition) is 6. The second-order valence-electron chi connectivity index (χ2n) is 8.16. The van der Waals surface area contributed by atoms with E-state index in [9.17, 15) is 4.79 Å². The summed E-state index contributed by atoms with van der Waals surface area (Å²) in [6, 6.07) is 7.09. The third-order valence-electron chi connectivity index (χ3n) is 5.89. The van der Waals surface area contributed by atoms with E-state index in [2.05, 4.69) is 21.5 Å². The molecule has 166 valence electrons. The van der Waals surface area contributed by atoms with Gasteiger partial charge < -0.3 is 15.4 Å². The van der Waals surface area contributed by atoms with Crippen LogP contribution < -0.4 is 10.5 Å². The maximum Gasteiger partial charge on any atom is 0.273 e. The van der Waals surface area contributed by atoms with Crippen molar-refractivity contribution in [3.05, 3.63) is 71.3 Å². The predicted octanol–water partition coefficient (Wildman–Crippen LogP) is 3.88. The Kier molecular flexibility index (Phi) is 6.55. The van der Waals surface area contributed by atoms with E-state index < -0.39 is 0 Å². The first-order chi connectivity index (χ1) is 15.5. The third-order valence-corrected chi connectivity index (χ3v) is 6.18. The quantitative estimate of drug-likeness (QED) is 0.644. The maximum atomic E-state index is 13.7. The Morgan fingerprint density at radius 2 is 2.22 bits per heavy atom. The number of fused-ring (bicyclic) bond motifs is 1. The molecule has 2 aromatic rings. The van der Waals surface area contributed by atoms with Crippen molar-refractivity contribution in [2.24, 2.45) is 22.6 Å². The summed E-state index contributed by atoms with van der Waals surface area (Å²) in [7, 11) is 0. The highest BCUT2D eigenvalue weighted by molar-refractivity contribution is 6.31. The summed E-state index contributed by atoms with van der Waals surface area (Å²) >= 11 is 6.19. The third kappa shape index (κ3) is 4.83. The largest absolute Gasteiger partial charge is 0.474 e. The fourth-order valence-corrected chi connectivity index (χ4v) is 4.28. The van der Waals surface area contributed by atoms with Crippen LogP contribution in [0.4, 0.5) is 0 Å². The van der Waals surface area contributed by atoms with Gasteiger partial charge in [-0.25, -0.2) is 9.97 Å². The Labute approximate surface area is 192 Å². The van der Waals surface area contributed by atoms with E-state index in [1.54, 1.807) is 30.6 Å². The van der Waals surface area contributed by atoms with Crippen molar-refractivity contribution in [3.63, 3.8) is 0 Å². The minimum Gasteiger partial charge on any atom is -0.474 e. The Hall–Kier alpha value is -3.19. The van der Waals surface area contributed by atoms with Crippen molar-refractivity contribution < 1.29 is 9.53 Å². The number of aryl methyl sites for hydroxylation is 1. The van der Waals surface area contributed by atoms with E-state index in [0.29, 0.717) is 52.8 Å². The van der Waals surface area contributed by atoms with Crippen molar-refractivity contribution in [3.8, 4) is 5.88 Å². The van der Waals surface area contributed by atoms with Crippen LogP contribution in [-0.4, -0.2) is 46.2 Å². The highest BCUT2D eigenvalue weighted by atomic mass is 35.5. The number of piperidine rings is 1. The number of aromatic nitrogens is 2. The van der Waals surface area contributed by atoms with Gasteiger partial charge in [0.05, 0.1) is 11.7 Å². The zero-order chi connectivity index (χ0) is 22.7. The molecule has 7 nitrogen and oxygen atoms in total. The molecule has 32 heavy (non-hydrogen) atoms. The van der Waals surface area contributed by atoms with E-state index >= 15 is 0 Å². The molecule has 0 radical (unpaired) electrons. The fraction of sp³-hybridized carbons (Fsp3) is 0.333. The van der Waals surface area contributed by atoms with Gasteiger partial charge in [-0.15, -0.1) is 0 Å². The number of rotatable bonds is 7. The van der Waals surface area contributed by atoms with Crippen molar-refractivity contribution in [1.29, 1.82) is 0 Å². The molecule has 2 N–H and O–H groups in total. The van der Waals surface area contributed by atoms with Crippen LogP contribution in [0.2, 0.25) is 5.02 Å². The van der Waals surface area contributed by atoms with Gasteiger partial charge in [0.2, 0.25) is 5.88 Å². The van der Waals surface area contributed by atoms with Crippen molar-refractivity contribution in [2.45, 2.75) is 25.8 Å². The summed E-state index contributed by atoms with van der Waals surface area (Å²) in [5.41, 5.74) is 7.52. The van der Waals surface area contributed by atoms with Crippen LogP contribution in [0.5, 0.6) is 5.88 Å². The number of ether oxygens (including phenoxy) is 1. The topological polar surface area (TPSA) is 93.7 Å². The van der Waals surface area contributed by atoms with Crippen molar-refractivity contribution >= 4 is 29.4 Å². The summed E-state index contributed by atoms with van der Waals surface area (Å²) in [5.74, 6) is 1.42. The minimum atomic E-state index is -0.138. The summed E-state index contributed by atoms with van der Waals surface area (Å²) in [6.45, 7) is 6.89. The Bertz CT molecular complexity index is 1080. The highest BCUT2D eigenvalue weighted by Gasteiger charge is 2.47. The van der Waals surface area contributed by atoms with Crippen LogP contribution >= 0.6 is 11.6 Å². The zero-order valence-corrected chi connectivity index (χ0v) is 18.7. The molecule has 1 amide bonds. The molecule has 0 aromatic carbocycles. The number of pyridine rings is 2. The van der Waals surface area contributed by atoms with Gasteiger partial charge in [-0.05, 0) is 68.1 Å². The van der Waals surface area contributed by atoms with Crippen LogP contribution in [0.3, 0.4) is 0 Å². The first-order valence-corrected chi connectivity index (χ1v) is 11.0. The normalized spacial score (nSPS) is 22.2. The monoisotopic (exact) mass is 451 g/mol. The van der Waals surface area contributed by atoms with Gasteiger partial charge in [0.1, 0.15) is 17.3 Å². The molecule has 1 saturated heterocycles. The Morgan fingerprint density at radius 3 is 3.00 bits per heavy atom. The molecule has 2 aliphatic rings. The molecule has 1 aliphatic carbocycles. The van der Waals surface area contributed by atoms with Gasteiger partial charge in [-0.3, -0.25) is 9.79 Å². The average molecular weight is 452 g/mol. The fourth-order valence-electron chi connectivity index (χ4n) is 4.10. The van der Waals surface area contributed by atoms with Gasteiger partial charge in [-0.1, -0.05) is 18.2 Å². The summed E-state index contributed by atoms with van der Waals surface area (Å²) in [4.78, 5) is 28.6. The lowest BCUT2D eigenvalue weighted by molar-refractivity contribution is 0.0502. The molecular formula is C24H26ClN5O2. The molecule has 3 heterocycles. The van der Waals surface area contributed by atoms with E-state index in [1.807, 2.05) is 24.0 Å². The number of carbonyl (C=O) groups excluding carboxylic acids is 1. The van der Waals surface area contributed by atoms with Gasteiger partial charge in [-0.2, -0.15) is 0 Å². The van der Waals surface area contributed by atoms with Gasteiger partial charge in [0.25, 0.3) is 5.91 Å². The first kappa shape index (κ1) is 22.0. The number of halogens is 1. The van der Waals surface area contributed by atoms with Crippen LogP contribution in [0.25, 0.3) is 5.70 Å². The second-order valence-corrected chi connectivity index (χ2v) is 8.57. The SMILES string of the molecule is C=C(/N=C\C=C/N)c1ccc(C)nc1C(=O)N1C[C@@H]2C[C@@H]2C[C@H]1COc1ncccc1Cl. The number of likely N-dealkylation sites (tertiary alicyclic amines) is 1. The number of amides is 1. The Balaban J connectivity index is 1.58. The molecule has 1 saturated carbocycles. The molecule has 0 unspecified atom stereocenters. The lowest BCUT2D eigenvalue weighted by Gasteiger charge is -2.35. The molecule has 1 aliphatic heterocycles. The summed E-state index contributed by atoms with van der Waals surface area (Å²) in [5, 5.41) is 0.453. The van der Waals surface area contributed by atoms with Crippen molar-refractivity contribution in [1.82, 2.24) is 14.9 Å². The predicted molar refractivity (Wildman–Crippen MR) is 126 cm³/mol. The summed E-state index contributed by atoms with van der Waals surface area (Å²) in [6.07, 6.45) is 8.19. The average Bonchev–Trinajstić information content (AvgIpc) is 3.56. The molecule has 2 fully saturated rings. The van der Waals surface area contributed by atoms with Gasteiger partial charge in [0.15, 0.2) is 0 Å². The molecule has 8 heteroatoms. The number of nitrogens with zero attached hydrogens (tertiary/aromatic N) is 4. The van der Waals surface area contributed by atoms with E-state index in [-0.39, 0.29) is 11.9 Å². The standard InChI is InChI=1S/C24H26ClN5O2/c1-15-6-7-20(16(2)27-10-4-8-26)22(29-15)24(31)30-13-18-11-17(18)12-19(30)14-32-23-21(25)5-3-9-28-23/h3-10,17-19H,2,11-14,26H2,1H3/b8-4-,27-10-/t17-,18+,19+/m1/s1. The Morgan fingerprint density at radius 1 is 1.38 bits per heavy atom. The zero-order valence-electron chi connectivity index (χ0n) is 17.9. The van der Waals surface area contributed by atoms with E-state index in [0.717, 1.165) is 18.5 Å². The summed E-state index contributed by atoms with van der Waals surface area (Å²) < 4.78 is 5.91. The number of aliphatic imine (C=N–C) groups is 1. The lowest BCUT2D eigenvalue weighted by Crippen LogP contribution is -2.48. The smallest absolute Gasteiger partial charge is 0.273 e. The van der Waals surface area contributed by atoms with Crippen LogP contribution in [0.15, 0.2) is 54.3 Å². The lowest BCUT2D eigenvalue weighted by atomic mass is 10.0. The molecule has 2 aromatic heterocycles. The number of nitrogens with two attached hydrogens (primary N) is 1. The van der Waals surface area contributed by atoms with E-state index in [4.69, 9.17) is 22.1 Å². The first-order valence-electron chi connectivity index (χ1n) is 10.6. The molecule has 0 bridgehead atoms. The van der Waals surface area contributed by atoms with Crippen LogP contribution in [-0.2, 0) is 0 Å². The van der Waals surface area contributed by atoms with Gasteiger partial charge >= 0.3 is 0 Å². The van der Waals surface area contributed by atoms with Crippen LogP contribution in [0, 0.1) is 18.8 Å². The second kappa shape index (κ2) is 9.53. The van der Waals surface area contributed by atoms with Gasteiger partial charge in [0, 0.05) is 30.2 Å². The van der Waals surface area contributed by atoms with Crippen molar-refractivity contribution in [2.75, 3.05) is 13.2 Å². The van der Waals surface area contributed by atoms with E-state index in [1.165, 1.54) is 6.20 Å². The molecule has 4 rings (SSSR count). The number of hydrogen-bond donors (Lipinski definition) is 1. The van der Waals surface area contributed by atoms with Crippen LogP contribution in [0.1, 0.15) is 34.6 Å². The molecular weight excluding hydrogens is 426 g/mol.